The normalized spacial score (nSPS) is 11.4. The lowest BCUT2D eigenvalue weighted by molar-refractivity contribution is -0.385. The van der Waals surface area contributed by atoms with Gasteiger partial charge in [-0.1, -0.05) is 45.0 Å². The Morgan fingerprint density at radius 1 is 0.889 bits per heavy atom. The monoisotopic (exact) mass is 630 g/mol. The third-order valence-corrected chi connectivity index (χ3v) is 8.80. The molecule has 0 aliphatic rings. The number of hydrogen-bond acceptors (Lipinski definition) is 7. The maximum atomic E-state index is 13.8. The van der Waals surface area contributed by atoms with Gasteiger partial charge in [-0.25, -0.2) is 8.42 Å². The number of ether oxygens (including phenoxy) is 1. The second-order valence-electron chi connectivity index (χ2n) is 11.3. The first-order chi connectivity index (χ1) is 21.2. The van der Waals surface area contributed by atoms with Crippen molar-refractivity contribution in [1.82, 2.24) is 0 Å². The van der Waals surface area contributed by atoms with Gasteiger partial charge < -0.3 is 15.4 Å². The van der Waals surface area contributed by atoms with E-state index in [0.717, 1.165) is 15.9 Å². The fourth-order valence-electron chi connectivity index (χ4n) is 4.47. The maximum Gasteiger partial charge on any atom is 0.273 e. The number of nitrogens with zero attached hydrogens (tertiary/aromatic N) is 2. The predicted octanol–water partition coefficient (Wildman–Crippen LogP) is 6.30. The third kappa shape index (κ3) is 7.84. The van der Waals surface area contributed by atoms with Crippen molar-refractivity contribution in [3.8, 4) is 5.75 Å². The van der Waals surface area contributed by atoms with Gasteiger partial charge in [-0.05, 0) is 78.6 Å². The molecule has 0 spiro atoms. The Kier molecular flexibility index (Phi) is 9.57. The first kappa shape index (κ1) is 32.7. The van der Waals surface area contributed by atoms with Crippen molar-refractivity contribution in [2.75, 3.05) is 28.6 Å². The van der Waals surface area contributed by atoms with Gasteiger partial charge in [0, 0.05) is 28.6 Å². The molecule has 0 unspecified atom stereocenters. The summed E-state index contributed by atoms with van der Waals surface area (Å²) in [4.78, 5) is 36.6. The van der Waals surface area contributed by atoms with E-state index in [1.807, 2.05) is 12.1 Å². The molecule has 0 radical (unpaired) electrons. The van der Waals surface area contributed by atoms with Crippen molar-refractivity contribution in [2.45, 2.75) is 38.0 Å². The minimum Gasteiger partial charge on any atom is -0.497 e. The van der Waals surface area contributed by atoms with E-state index in [1.165, 1.54) is 50.4 Å². The summed E-state index contributed by atoms with van der Waals surface area (Å²) in [7, 11) is -2.97. The molecule has 2 N–H and O–H groups in total. The lowest BCUT2D eigenvalue weighted by atomic mass is 9.87. The van der Waals surface area contributed by atoms with Gasteiger partial charge in [0.2, 0.25) is 5.91 Å². The van der Waals surface area contributed by atoms with E-state index in [4.69, 9.17) is 4.74 Å². The van der Waals surface area contributed by atoms with Crippen molar-refractivity contribution in [1.29, 1.82) is 0 Å². The molecule has 0 heterocycles. The van der Waals surface area contributed by atoms with Crippen LogP contribution in [0, 0.1) is 17.0 Å². The molecule has 4 aromatic carbocycles. The number of sulfonamides is 1. The predicted molar refractivity (Wildman–Crippen MR) is 174 cm³/mol. The van der Waals surface area contributed by atoms with E-state index >= 15 is 0 Å². The Balaban J connectivity index is 1.56. The zero-order chi connectivity index (χ0) is 32.9. The summed E-state index contributed by atoms with van der Waals surface area (Å²) >= 11 is 0. The van der Waals surface area contributed by atoms with Gasteiger partial charge in [-0.15, -0.1) is 0 Å². The zero-order valence-corrected chi connectivity index (χ0v) is 26.3. The largest absolute Gasteiger partial charge is 0.497 e. The maximum absolute atomic E-state index is 13.8. The van der Waals surface area contributed by atoms with Crippen LogP contribution in [0.4, 0.5) is 22.7 Å². The van der Waals surface area contributed by atoms with E-state index in [0.29, 0.717) is 28.3 Å². The summed E-state index contributed by atoms with van der Waals surface area (Å²) in [6.07, 6.45) is 0. The first-order valence-electron chi connectivity index (χ1n) is 13.9. The molecule has 45 heavy (non-hydrogen) atoms. The van der Waals surface area contributed by atoms with Crippen LogP contribution in [-0.4, -0.2) is 38.8 Å². The van der Waals surface area contributed by atoms with Crippen molar-refractivity contribution in [3.63, 3.8) is 0 Å². The first-order valence-corrected chi connectivity index (χ1v) is 15.4. The summed E-state index contributed by atoms with van der Waals surface area (Å²) in [5.41, 5.74) is 2.32. The molecular weight excluding hydrogens is 596 g/mol. The highest BCUT2D eigenvalue weighted by molar-refractivity contribution is 7.92. The van der Waals surface area contributed by atoms with Crippen molar-refractivity contribution in [2.24, 2.45) is 0 Å². The SMILES string of the molecule is COc1ccc(N(CC(=O)Nc2cccc(NC(=O)c3ccc(C(C)(C)C)cc3)c2)S(=O)(=O)c2ccc(C)c([N+](=O)[O-])c2)cc1. The molecule has 0 aliphatic carbocycles. The number of carbonyl (C=O) groups is 2. The van der Waals surface area contributed by atoms with Gasteiger partial charge in [-0.3, -0.25) is 24.0 Å². The average Bonchev–Trinajstić information content (AvgIpc) is 2.99. The van der Waals surface area contributed by atoms with Gasteiger partial charge >= 0.3 is 0 Å². The van der Waals surface area contributed by atoms with Crippen LogP contribution < -0.4 is 19.7 Å². The number of nitrogens with one attached hydrogen (secondary N) is 2. The Morgan fingerprint density at radius 2 is 1.51 bits per heavy atom. The summed E-state index contributed by atoms with van der Waals surface area (Å²) in [5, 5.41) is 17.0. The van der Waals surface area contributed by atoms with E-state index in [-0.39, 0.29) is 27.6 Å². The minimum atomic E-state index is -4.43. The summed E-state index contributed by atoms with van der Waals surface area (Å²) in [5.74, 6) is -0.546. The van der Waals surface area contributed by atoms with Crippen molar-refractivity contribution < 1.29 is 27.7 Å². The number of nitro groups is 1. The molecule has 0 atom stereocenters. The van der Waals surface area contributed by atoms with Crippen LogP contribution >= 0.6 is 0 Å². The van der Waals surface area contributed by atoms with Gasteiger partial charge in [0.05, 0.1) is 22.6 Å². The number of rotatable bonds is 10. The van der Waals surface area contributed by atoms with E-state index < -0.39 is 27.4 Å². The van der Waals surface area contributed by atoms with Crippen molar-refractivity contribution >= 4 is 44.6 Å². The summed E-state index contributed by atoms with van der Waals surface area (Å²) in [6, 6.07) is 23.3. The summed E-state index contributed by atoms with van der Waals surface area (Å²) in [6.45, 7) is 7.11. The van der Waals surface area contributed by atoms with Gasteiger partial charge in [0.15, 0.2) is 0 Å². The standard InChI is InChI=1S/C33H34N4O7S/c1-22-9-18-29(20-30(22)37(40)41)45(42,43)36(27-14-16-28(44-5)17-15-27)21-31(38)34-25-7-6-8-26(19-25)35-32(39)23-10-12-24(13-11-23)33(2,3)4/h6-20H,21H2,1-5H3,(H,34,38)(H,35,39). The Bertz CT molecular complexity index is 1830. The topological polar surface area (TPSA) is 148 Å². The summed E-state index contributed by atoms with van der Waals surface area (Å²) < 4.78 is 33.6. The van der Waals surface area contributed by atoms with Crippen LogP contribution in [0.2, 0.25) is 0 Å². The van der Waals surface area contributed by atoms with E-state index in [1.54, 1.807) is 36.4 Å². The number of anilines is 3. The van der Waals surface area contributed by atoms with Crippen molar-refractivity contribution in [3.05, 3.63) is 118 Å². The van der Waals surface area contributed by atoms with Crippen LogP contribution in [0.1, 0.15) is 42.3 Å². The van der Waals surface area contributed by atoms with Crippen LogP contribution in [0.25, 0.3) is 0 Å². The van der Waals surface area contributed by atoms with E-state index in [2.05, 4.69) is 31.4 Å². The molecule has 2 amide bonds. The lowest BCUT2D eigenvalue weighted by Crippen LogP contribution is -2.38. The smallest absolute Gasteiger partial charge is 0.273 e. The number of benzene rings is 4. The molecule has 11 nitrogen and oxygen atoms in total. The fourth-order valence-corrected chi connectivity index (χ4v) is 5.91. The molecular formula is C33H34N4O7S. The molecule has 0 fully saturated rings. The Labute approximate surface area is 262 Å². The van der Waals surface area contributed by atoms with Gasteiger partial charge in [-0.2, -0.15) is 0 Å². The average molecular weight is 631 g/mol. The highest BCUT2D eigenvalue weighted by atomic mass is 32.2. The number of amides is 2. The fraction of sp³-hybridized carbons (Fsp3) is 0.212. The molecule has 0 aromatic heterocycles. The third-order valence-electron chi connectivity index (χ3n) is 7.03. The number of carbonyl (C=O) groups excluding carboxylic acids is 2. The van der Waals surface area contributed by atoms with Crippen LogP contribution in [0.3, 0.4) is 0 Å². The highest BCUT2D eigenvalue weighted by Crippen LogP contribution is 2.29. The second kappa shape index (κ2) is 13.2. The number of hydrogen-bond donors (Lipinski definition) is 2. The molecule has 234 valence electrons. The molecule has 0 saturated heterocycles. The molecule has 4 aromatic rings. The quantitative estimate of drug-likeness (QED) is 0.154. The number of nitro benzene ring substituents is 1. The lowest BCUT2D eigenvalue weighted by Gasteiger charge is -2.24. The van der Waals surface area contributed by atoms with Gasteiger partial charge in [0.1, 0.15) is 12.3 Å². The minimum absolute atomic E-state index is 0.0536. The molecule has 4 rings (SSSR count). The van der Waals surface area contributed by atoms with Crippen LogP contribution in [0.5, 0.6) is 5.75 Å². The van der Waals surface area contributed by atoms with Gasteiger partial charge in [0.25, 0.3) is 21.6 Å². The molecule has 12 heteroatoms. The number of aryl methyl sites for hydroxylation is 1. The van der Waals surface area contributed by atoms with E-state index in [9.17, 15) is 28.1 Å². The molecule has 0 saturated carbocycles. The molecule has 0 aliphatic heterocycles. The number of methoxy groups -OCH3 is 1. The zero-order valence-electron chi connectivity index (χ0n) is 25.5. The second-order valence-corrected chi connectivity index (χ2v) is 13.2. The molecule has 0 bridgehead atoms. The van der Waals surface area contributed by atoms with Crippen LogP contribution in [0.15, 0.2) is 95.9 Å². The highest BCUT2D eigenvalue weighted by Gasteiger charge is 2.29. The van der Waals surface area contributed by atoms with Crippen LogP contribution in [-0.2, 0) is 20.2 Å². The Morgan fingerprint density at radius 3 is 2.09 bits per heavy atom. The Hall–Kier alpha value is -5.23.